The van der Waals surface area contributed by atoms with E-state index in [-0.39, 0.29) is 94.9 Å². The monoisotopic (exact) mass is 811 g/mol. The topological polar surface area (TPSA) is 311 Å². The van der Waals surface area contributed by atoms with Crippen molar-refractivity contribution in [3.05, 3.63) is 35.0 Å². The number of likely N-dealkylation sites (N-methyl/N-ethyl adjacent to an activating group) is 1. The van der Waals surface area contributed by atoms with Crippen LogP contribution in [-0.4, -0.2) is 131 Å². The number of benzene rings is 1. The molecule has 26 heteroatoms. The molecule has 0 saturated carbocycles. The minimum atomic E-state index is -2.29. The van der Waals surface area contributed by atoms with E-state index in [2.05, 4.69) is 31.5 Å². The number of carbonyl (C=O) groups excluding carboxylic acids is 9. The number of esters is 2. The number of rotatable bonds is 13. The smallest absolute Gasteiger partial charge is 0.543 e. The van der Waals surface area contributed by atoms with Gasteiger partial charge in [-0.05, 0) is 40.6 Å². The summed E-state index contributed by atoms with van der Waals surface area (Å²) in [6, 6.07) is 0.329. The van der Waals surface area contributed by atoms with Gasteiger partial charge in [0.2, 0.25) is 23.1 Å². The maximum Gasteiger partial charge on any atom is 1.00 e. The van der Waals surface area contributed by atoms with Crippen molar-refractivity contribution in [1.29, 1.82) is 0 Å². The molecule has 2 fully saturated rings. The zero-order valence-corrected chi connectivity index (χ0v) is 33.1. The summed E-state index contributed by atoms with van der Waals surface area (Å²) in [5.74, 6) is -2.90. The van der Waals surface area contributed by atoms with E-state index < -0.39 is 70.3 Å². The normalized spacial score (nSPS) is 19.7. The number of carboxylic acid groups (broad SMARTS) is 1. The minimum absolute atomic E-state index is 0. The first-order valence-electron chi connectivity index (χ1n) is 15.6. The predicted octanol–water partition coefficient (Wildman–Crippen LogP) is -7.05. The van der Waals surface area contributed by atoms with E-state index in [1.54, 1.807) is 6.92 Å². The number of nitrogens with two attached hydrogens (primary N) is 1. The molecule has 5 rings (SSSR count). The van der Waals surface area contributed by atoms with Crippen molar-refractivity contribution in [3.63, 3.8) is 0 Å². The van der Waals surface area contributed by atoms with Gasteiger partial charge < -0.3 is 46.1 Å². The van der Waals surface area contributed by atoms with Crippen molar-refractivity contribution in [2.75, 3.05) is 37.0 Å². The van der Waals surface area contributed by atoms with Gasteiger partial charge in [-0.3, -0.25) is 43.4 Å². The number of ether oxygens (including phenoxy) is 2. The predicted molar refractivity (Wildman–Crippen MR) is 178 cm³/mol. The quantitative estimate of drug-likeness (QED) is 0.0168. The zero-order valence-electron chi connectivity index (χ0n) is 29.4. The largest absolute Gasteiger partial charge is 1.00 e. The summed E-state index contributed by atoms with van der Waals surface area (Å²) in [5.41, 5.74) is -2.77. The van der Waals surface area contributed by atoms with Gasteiger partial charge in [-0.25, -0.2) is 4.79 Å². The van der Waals surface area contributed by atoms with Crippen molar-refractivity contribution < 1.29 is 87.3 Å². The average molecular weight is 812 g/mol. The number of carboxylic acids is 1. The maximum atomic E-state index is 14.2. The second-order valence-corrected chi connectivity index (χ2v) is 13.5. The number of aliphatic carboxylic acids is 1. The molecule has 3 atom stereocenters. The summed E-state index contributed by atoms with van der Waals surface area (Å²) in [7, 11) is 0. The van der Waals surface area contributed by atoms with Crippen molar-refractivity contribution in [2.24, 2.45) is 0 Å². The van der Waals surface area contributed by atoms with E-state index in [1.165, 1.54) is 11.0 Å². The first kappa shape index (κ1) is 42.5. The Morgan fingerprint density at radius 2 is 1.80 bits per heavy atom. The third-order valence-corrected chi connectivity index (χ3v) is 10.5. The Bertz CT molecular complexity index is 2000. The van der Waals surface area contributed by atoms with Crippen LogP contribution in [0.2, 0.25) is 0 Å². The summed E-state index contributed by atoms with van der Waals surface area (Å²) >= 11 is 1.94. The molecule has 3 aliphatic rings. The molecule has 0 bridgehead atoms. The number of tetrazole rings is 1. The van der Waals surface area contributed by atoms with E-state index >= 15 is 0 Å². The van der Waals surface area contributed by atoms with E-state index in [1.807, 2.05) is 0 Å². The van der Waals surface area contributed by atoms with E-state index in [4.69, 9.17) is 15.3 Å². The van der Waals surface area contributed by atoms with Gasteiger partial charge in [-0.15, -0.1) is 16.6 Å². The van der Waals surface area contributed by atoms with Gasteiger partial charge in [0.05, 0.1) is 11.7 Å². The number of carbonyl (C=O) groups is 9. The van der Waals surface area contributed by atoms with Crippen LogP contribution in [0.5, 0.6) is 11.5 Å². The third kappa shape index (κ3) is 8.54. The molecule has 0 aliphatic carbocycles. The number of hydrogen-bond donors (Lipinski definition) is 4. The third-order valence-electron chi connectivity index (χ3n) is 8.06. The van der Waals surface area contributed by atoms with Crippen LogP contribution in [0, 0.1) is 0 Å². The fraction of sp³-hybridized carbons (Fsp3) is 0.379. The summed E-state index contributed by atoms with van der Waals surface area (Å²) in [5, 5.41) is 28.8. The number of nitrogen functional groups attached to an aromatic ring is 1. The summed E-state index contributed by atoms with van der Waals surface area (Å²) in [6.07, 6.45) is 0.0999. The Morgan fingerprint density at radius 1 is 1.11 bits per heavy atom. The molecule has 286 valence electrons. The molecule has 2 aromatic rings. The number of amides is 7. The van der Waals surface area contributed by atoms with E-state index in [9.17, 15) is 48.3 Å². The van der Waals surface area contributed by atoms with Crippen LogP contribution in [0.4, 0.5) is 4.79 Å². The molecule has 2 saturated heterocycles. The fourth-order valence-electron chi connectivity index (χ4n) is 5.64. The molecule has 1 aromatic carbocycles. The Morgan fingerprint density at radius 3 is 2.40 bits per heavy atom. The van der Waals surface area contributed by atoms with Crippen LogP contribution in [0.25, 0.3) is 0 Å². The summed E-state index contributed by atoms with van der Waals surface area (Å²) in [4.78, 5) is 118. The number of aromatic nitrogens is 4. The fourth-order valence-corrected chi connectivity index (χ4v) is 8.00. The maximum absolute atomic E-state index is 14.2. The van der Waals surface area contributed by atoms with Gasteiger partial charge in [0.25, 0.3) is 5.91 Å². The molecule has 55 heavy (non-hydrogen) atoms. The molecular weight excluding hydrogens is 782 g/mol. The van der Waals surface area contributed by atoms with Crippen molar-refractivity contribution in [2.45, 2.75) is 43.0 Å². The van der Waals surface area contributed by atoms with Gasteiger partial charge in [0, 0.05) is 45.0 Å². The van der Waals surface area contributed by atoms with Gasteiger partial charge in [0.15, 0.2) is 11.5 Å². The Hall–Kier alpha value is -5.24. The first-order chi connectivity index (χ1) is 25.6. The molecule has 0 spiro atoms. The number of thioether (sulfide) groups is 2. The van der Waals surface area contributed by atoms with E-state index in [0.29, 0.717) is 4.90 Å². The summed E-state index contributed by atoms with van der Waals surface area (Å²) in [6.45, 7) is 3.69. The molecule has 23 nitrogen and oxygen atoms in total. The second kappa shape index (κ2) is 17.5. The first-order valence-corrected chi connectivity index (χ1v) is 17.7. The Balaban J connectivity index is 0.00000673. The van der Waals surface area contributed by atoms with Crippen molar-refractivity contribution >= 4 is 77.5 Å². The molecule has 5 N–H and O–H groups in total. The second-order valence-electron chi connectivity index (χ2n) is 11.4. The SMILES string of the molecule is CCN1CCN(C(=O)NC(C(=O)N[C@]2(NC=O)C(=O)N3C(C(=O)[O-])=C(CSc4nnnn4N)CS[C@H]32)c2ccc(OC(C)=O)c(OC(C)=O)c2)C(=O)C1=O.[Na+]. The molecule has 7 amide bonds. The molecule has 0 radical (unpaired) electrons. The van der Waals surface area contributed by atoms with Crippen LogP contribution < -0.4 is 65.9 Å². The van der Waals surface area contributed by atoms with Crippen LogP contribution in [-0.2, 0) is 38.4 Å². The molecule has 3 aliphatic heterocycles. The number of β-lactam (4-membered cyclic amide) rings is 1. The molecule has 1 aromatic heterocycles. The molecule has 4 heterocycles. The Labute approximate surface area is 340 Å². The van der Waals surface area contributed by atoms with Crippen molar-refractivity contribution in [1.82, 2.24) is 51.0 Å². The number of fused-ring (bicyclic) bond motifs is 1. The van der Waals surface area contributed by atoms with Gasteiger partial charge in [-0.2, -0.15) is 0 Å². The van der Waals surface area contributed by atoms with Gasteiger partial charge in [-0.1, -0.05) is 22.9 Å². The number of imide groups is 1. The van der Waals surface area contributed by atoms with Crippen LogP contribution in [0.3, 0.4) is 0 Å². The number of nitrogens with one attached hydrogen (secondary N) is 3. The Kier molecular flexibility index (Phi) is 13.5. The van der Waals surface area contributed by atoms with Crippen LogP contribution >= 0.6 is 23.5 Å². The molecular formula is C29H30N11NaO12S2. The summed E-state index contributed by atoms with van der Waals surface area (Å²) < 4.78 is 10.2. The van der Waals surface area contributed by atoms with Crippen LogP contribution in [0.15, 0.2) is 34.6 Å². The van der Waals surface area contributed by atoms with Crippen molar-refractivity contribution in [3.8, 4) is 11.5 Å². The number of urea groups is 1. The van der Waals surface area contributed by atoms with Gasteiger partial charge in [0.1, 0.15) is 11.4 Å². The van der Waals surface area contributed by atoms with Crippen LogP contribution in [0.1, 0.15) is 32.4 Å². The molecule has 1 unspecified atom stereocenters. The van der Waals surface area contributed by atoms with Gasteiger partial charge >= 0.3 is 59.3 Å². The number of piperazine rings is 1. The average Bonchev–Trinajstić information content (AvgIpc) is 3.54. The number of hydrogen-bond acceptors (Lipinski definition) is 18. The standard InChI is InChI=1S/C29H31N11O12S2.Na/c1-4-37-7-8-38(23(46)22(37)45)27(50)32-19(15-5-6-17(51-13(2)42)18(9-15)52-14(3)43)21(44)33-29(31-12-41)25(49)39-20(24(47)48)16(10-53-26(29)39)11-54-28-34-35-36-40(28)30;/h5-6,9,12,19,26H,4,7-8,10-11,30H2,1-3H3,(H,31,41)(H,32,50)(H,33,44)(H,47,48);/q;+1/p-1/t19?,26-,29+;/m0./s1. The van der Waals surface area contributed by atoms with E-state index in [0.717, 1.165) is 59.2 Å². The minimum Gasteiger partial charge on any atom is -0.543 e. The zero-order chi connectivity index (χ0) is 39.5. The number of nitrogens with zero attached hydrogens (tertiary/aromatic N) is 7.